The standard InChI is InChI=1S/C11H15N3/c1-8-9(5-6-11(12)14-8)10-4-2-3-7-13-10/h5-6H,2-4,7H2,1H3,(H2,12,14). The van der Waals surface area contributed by atoms with Crippen molar-refractivity contribution in [1.29, 1.82) is 0 Å². The molecule has 2 rings (SSSR count). The SMILES string of the molecule is Cc1nc(N)ccc1C1=NCCCC1. The van der Waals surface area contributed by atoms with Crippen LogP contribution >= 0.6 is 0 Å². The van der Waals surface area contributed by atoms with E-state index in [1.807, 2.05) is 19.1 Å². The molecule has 0 amide bonds. The van der Waals surface area contributed by atoms with Gasteiger partial charge in [0.2, 0.25) is 0 Å². The van der Waals surface area contributed by atoms with Crippen LogP contribution in [0.4, 0.5) is 5.82 Å². The molecule has 1 aromatic heterocycles. The largest absolute Gasteiger partial charge is 0.384 e. The average molecular weight is 189 g/mol. The topological polar surface area (TPSA) is 51.3 Å². The fourth-order valence-corrected chi connectivity index (χ4v) is 1.80. The Labute approximate surface area is 84.1 Å². The quantitative estimate of drug-likeness (QED) is 0.734. The molecule has 0 spiro atoms. The van der Waals surface area contributed by atoms with Crippen molar-refractivity contribution in [2.24, 2.45) is 4.99 Å². The first kappa shape index (κ1) is 9.19. The van der Waals surface area contributed by atoms with Crippen LogP contribution in [0.25, 0.3) is 0 Å². The van der Waals surface area contributed by atoms with Crippen LogP contribution in [-0.2, 0) is 0 Å². The van der Waals surface area contributed by atoms with Gasteiger partial charge in [-0.3, -0.25) is 4.99 Å². The highest BCUT2D eigenvalue weighted by molar-refractivity contribution is 6.01. The lowest BCUT2D eigenvalue weighted by atomic mass is 10.0. The minimum atomic E-state index is 0.586. The van der Waals surface area contributed by atoms with Gasteiger partial charge in [0.1, 0.15) is 5.82 Å². The van der Waals surface area contributed by atoms with Gasteiger partial charge in [-0.15, -0.1) is 0 Å². The molecule has 2 heterocycles. The zero-order valence-electron chi connectivity index (χ0n) is 8.45. The van der Waals surface area contributed by atoms with Crippen molar-refractivity contribution in [3.8, 4) is 0 Å². The van der Waals surface area contributed by atoms with Gasteiger partial charge in [0.15, 0.2) is 0 Å². The Hall–Kier alpha value is -1.38. The second kappa shape index (κ2) is 3.78. The van der Waals surface area contributed by atoms with Crippen LogP contribution in [0.3, 0.4) is 0 Å². The van der Waals surface area contributed by atoms with Gasteiger partial charge in [0.05, 0.1) is 0 Å². The molecule has 1 aliphatic heterocycles. The van der Waals surface area contributed by atoms with E-state index in [-0.39, 0.29) is 0 Å². The van der Waals surface area contributed by atoms with E-state index >= 15 is 0 Å². The lowest BCUT2D eigenvalue weighted by Crippen LogP contribution is -2.10. The zero-order valence-corrected chi connectivity index (χ0v) is 8.45. The third kappa shape index (κ3) is 1.76. The van der Waals surface area contributed by atoms with Crippen molar-refractivity contribution in [2.45, 2.75) is 26.2 Å². The number of aryl methyl sites for hydroxylation is 1. The fraction of sp³-hybridized carbons (Fsp3) is 0.455. The first-order chi connectivity index (χ1) is 6.77. The Morgan fingerprint density at radius 3 is 2.79 bits per heavy atom. The lowest BCUT2D eigenvalue weighted by Gasteiger charge is -2.13. The van der Waals surface area contributed by atoms with E-state index in [9.17, 15) is 0 Å². The van der Waals surface area contributed by atoms with Crippen molar-refractivity contribution in [1.82, 2.24) is 4.98 Å². The summed E-state index contributed by atoms with van der Waals surface area (Å²) in [5, 5.41) is 0. The van der Waals surface area contributed by atoms with Gasteiger partial charge in [0, 0.05) is 23.5 Å². The van der Waals surface area contributed by atoms with E-state index in [1.54, 1.807) is 0 Å². The van der Waals surface area contributed by atoms with Gasteiger partial charge < -0.3 is 5.73 Å². The van der Waals surface area contributed by atoms with Crippen molar-refractivity contribution < 1.29 is 0 Å². The number of anilines is 1. The molecular formula is C11H15N3. The van der Waals surface area contributed by atoms with Gasteiger partial charge >= 0.3 is 0 Å². The van der Waals surface area contributed by atoms with Crippen LogP contribution < -0.4 is 5.73 Å². The number of hydrogen-bond donors (Lipinski definition) is 1. The van der Waals surface area contributed by atoms with Crippen LogP contribution in [0.5, 0.6) is 0 Å². The molecule has 0 unspecified atom stereocenters. The molecule has 0 bridgehead atoms. The molecule has 0 aliphatic carbocycles. The van der Waals surface area contributed by atoms with Gasteiger partial charge in [0.25, 0.3) is 0 Å². The van der Waals surface area contributed by atoms with Crippen LogP contribution in [0, 0.1) is 6.92 Å². The summed E-state index contributed by atoms with van der Waals surface area (Å²) < 4.78 is 0. The summed E-state index contributed by atoms with van der Waals surface area (Å²) in [6.07, 6.45) is 3.53. The van der Waals surface area contributed by atoms with Crippen molar-refractivity contribution in [3.05, 3.63) is 23.4 Å². The number of rotatable bonds is 1. The number of pyridine rings is 1. The number of nitrogens with zero attached hydrogens (tertiary/aromatic N) is 2. The van der Waals surface area contributed by atoms with E-state index in [1.165, 1.54) is 24.1 Å². The van der Waals surface area contributed by atoms with Crippen molar-refractivity contribution in [3.63, 3.8) is 0 Å². The second-order valence-corrected chi connectivity index (χ2v) is 3.65. The molecule has 3 nitrogen and oxygen atoms in total. The normalized spacial score (nSPS) is 16.5. The second-order valence-electron chi connectivity index (χ2n) is 3.65. The highest BCUT2D eigenvalue weighted by atomic mass is 14.8. The first-order valence-electron chi connectivity index (χ1n) is 5.04. The Balaban J connectivity index is 2.35. The Bertz CT molecular complexity index is 369. The molecule has 2 N–H and O–H groups in total. The predicted octanol–water partition coefficient (Wildman–Crippen LogP) is 1.95. The zero-order chi connectivity index (χ0) is 9.97. The average Bonchev–Trinajstić information content (AvgIpc) is 2.19. The molecule has 0 saturated heterocycles. The molecule has 1 aliphatic rings. The van der Waals surface area contributed by atoms with E-state index in [0.29, 0.717) is 5.82 Å². The molecule has 0 atom stereocenters. The molecule has 1 aromatic rings. The third-order valence-corrected chi connectivity index (χ3v) is 2.54. The summed E-state index contributed by atoms with van der Waals surface area (Å²) in [4.78, 5) is 8.77. The minimum Gasteiger partial charge on any atom is -0.384 e. The summed E-state index contributed by atoms with van der Waals surface area (Å²) in [6.45, 7) is 2.95. The number of nitrogen functional groups attached to an aromatic ring is 1. The molecule has 0 aromatic carbocycles. The number of aliphatic imine (C=N–C) groups is 1. The van der Waals surface area contributed by atoms with Crippen LogP contribution in [0.1, 0.15) is 30.5 Å². The summed E-state index contributed by atoms with van der Waals surface area (Å²) in [5.74, 6) is 0.586. The molecule has 3 heteroatoms. The van der Waals surface area contributed by atoms with Gasteiger partial charge in [-0.25, -0.2) is 4.98 Å². The summed E-state index contributed by atoms with van der Waals surface area (Å²) in [7, 11) is 0. The Morgan fingerprint density at radius 1 is 1.29 bits per heavy atom. The number of hydrogen-bond acceptors (Lipinski definition) is 3. The smallest absolute Gasteiger partial charge is 0.123 e. The molecule has 14 heavy (non-hydrogen) atoms. The third-order valence-electron chi connectivity index (χ3n) is 2.54. The molecule has 0 fully saturated rings. The van der Waals surface area contributed by atoms with Crippen molar-refractivity contribution >= 4 is 11.5 Å². The van der Waals surface area contributed by atoms with E-state index in [2.05, 4.69) is 9.98 Å². The van der Waals surface area contributed by atoms with Crippen LogP contribution in [0.2, 0.25) is 0 Å². The summed E-state index contributed by atoms with van der Waals surface area (Å²) >= 11 is 0. The van der Waals surface area contributed by atoms with Crippen LogP contribution in [0.15, 0.2) is 17.1 Å². The molecule has 0 saturated carbocycles. The minimum absolute atomic E-state index is 0.586. The summed E-state index contributed by atoms with van der Waals surface area (Å²) in [5.41, 5.74) is 8.96. The molecule has 74 valence electrons. The predicted molar refractivity (Wildman–Crippen MR) is 58.6 cm³/mol. The van der Waals surface area contributed by atoms with Gasteiger partial charge in [-0.2, -0.15) is 0 Å². The van der Waals surface area contributed by atoms with E-state index < -0.39 is 0 Å². The Kier molecular flexibility index (Phi) is 2.48. The highest BCUT2D eigenvalue weighted by Gasteiger charge is 2.10. The maximum absolute atomic E-state index is 5.61. The lowest BCUT2D eigenvalue weighted by molar-refractivity contribution is 0.738. The fourth-order valence-electron chi connectivity index (χ4n) is 1.80. The monoisotopic (exact) mass is 189 g/mol. The van der Waals surface area contributed by atoms with Gasteiger partial charge in [-0.1, -0.05) is 0 Å². The highest BCUT2D eigenvalue weighted by Crippen LogP contribution is 2.16. The number of aromatic nitrogens is 1. The summed E-state index contributed by atoms with van der Waals surface area (Å²) in [6, 6.07) is 3.88. The van der Waals surface area contributed by atoms with Gasteiger partial charge in [-0.05, 0) is 38.3 Å². The Morgan fingerprint density at radius 2 is 2.14 bits per heavy atom. The van der Waals surface area contributed by atoms with E-state index in [4.69, 9.17) is 5.73 Å². The number of nitrogens with two attached hydrogens (primary N) is 1. The first-order valence-corrected chi connectivity index (χ1v) is 5.04. The molecule has 0 radical (unpaired) electrons. The maximum Gasteiger partial charge on any atom is 0.123 e. The van der Waals surface area contributed by atoms with Crippen molar-refractivity contribution in [2.75, 3.05) is 12.3 Å². The van der Waals surface area contributed by atoms with Crippen LogP contribution in [-0.4, -0.2) is 17.2 Å². The maximum atomic E-state index is 5.61. The van der Waals surface area contributed by atoms with E-state index in [0.717, 1.165) is 18.7 Å². The molecular weight excluding hydrogens is 174 g/mol.